The normalized spacial score (nSPS) is 16.1. The highest BCUT2D eigenvalue weighted by molar-refractivity contribution is 8.00. The van der Waals surface area contributed by atoms with Gasteiger partial charge in [-0.25, -0.2) is 9.36 Å². The summed E-state index contributed by atoms with van der Waals surface area (Å²) in [5, 5.41) is -1.94. The van der Waals surface area contributed by atoms with E-state index in [-0.39, 0.29) is 6.61 Å². The molecule has 7 nitrogen and oxygen atoms in total. The van der Waals surface area contributed by atoms with Gasteiger partial charge in [-0.15, -0.1) is 0 Å². The Morgan fingerprint density at radius 3 is 2.27 bits per heavy atom. The van der Waals surface area contributed by atoms with Crippen LogP contribution in [0.25, 0.3) is 0 Å². The average molecular weight is 261 g/mol. The van der Waals surface area contributed by atoms with Crippen LogP contribution in [-0.2, 0) is 9.09 Å². The van der Waals surface area contributed by atoms with Gasteiger partial charge in [-0.05, 0) is 6.42 Å². The summed E-state index contributed by atoms with van der Waals surface area (Å²) in [6, 6.07) is 0. The van der Waals surface area contributed by atoms with Gasteiger partial charge >= 0.3 is 20.8 Å². The van der Waals surface area contributed by atoms with Crippen LogP contribution in [0.3, 0.4) is 0 Å². The van der Waals surface area contributed by atoms with Crippen molar-refractivity contribution in [2.75, 3.05) is 6.61 Å². The zero-order valence-corrected chi connectivity index (χ0v) is 10.0. The Labute approximate surface area is 87.8 Å². The van der Waals surface area contributed by atoms with E-state index in [1.54, 1.807) is 0 Å². The highest BCUT2D eigenvalue weighted by Gasteiger charge is 2.56. The highest BCUT2D eigenvalue weighted by atomic mass is 31.3. The largest absolute Gasteiger partial charge is 0.492 e. The van der Waals surface area contributed by atoms with E-state index in [4.69, 9.17) is 19.6 Å². The van der Waals surface area contributed by atoms with Crippen molar-refractivity contribution in [2.24, 2.45) is 0 Å². The molecule has 1 atom stereocenters. The Balaban J connectivity index is 4.19. The van der Waals surface area contributed by atoms with Gasteiger partial charge in [-0.3, -0.25) is 0 Å². The summed E-state index contributed by atoms with van der Waals surface area (Å²) in [5.41, 5.74) is 0. The lowest BCUT2D eigenvalue weighted by molar-refractivity contribution is 0.229. The van der Waals surface area contributed by atoms with Crippen LogP contribution in [0.5, 0.6) is 0 Å². The second kappa shape index (κ2) is 6.01. The first-order valence-electron chi connectivity index (χ1n) is 4.31. The van der Waals surface area contributed by atoms with Crippen LogP contribution >= 0.6 is 15.5 Å². The van der Waals surface area contributed by atoms with Gasteiger partial charge in [0.05, 0.1) is 6.61 Å². The SMILES string of the molecule is CCCCCOP(=O)(O)C(=O)[P+](O)(O)O. The van der Waals surface area contributed by atoms with Crippen LogP contribution in [0.1, 0.15) is 26.2 Å². The maximum Gasteiger partial charge on any atom is 0.492 e. The molecule has 0 aliphatic carbocycles. The summed E-state index contributed by atoms with van der Waals surface area (Å²) in [7, 11) is -9.75. The first kappa shape index (κ1) is 15.1. The van der Waals surface area contributed by atoms with Gasteiger partial charge < -0.3 is 9.42 Å². The summed E-state index contributed by atoms with van der Waals surface area (Å²) in [6.07, 6.45) is 2.10. The minimum Gasteiger partial charge on any atom is -0.316 e. The van der Waals surface area contributed by atoms with Crippen LogP contribution in [0.2, 0.25) is 0 Å². The van der Waals surface area contributed by atoms with E-state index in [9.17, 15) is 9.36 Å². The molecule has 0 spiro atoms. The first-order chi connectivity index (χ1) is 6.72. The van der Waals surface area contributed by atoms with Crippen LogP contribution in [0.15, 0.2) is 0 Å². The zero-order chi connectivity index (χ0) is 12.1. The number of carbonyl (C=O) groups is 1. The van der Waals surface area contributed by atoms with Gasteiger partial charge in [0, 0.05) is 0 Å². The van der Waals surface area contributed by atoms with E-state index >= 15 is 0 Å². The van der Waals surface area contributed by atoms with Gasteiger partial charge in [0.1, 0.15) is 0 Å². The number of hydrogen-bond donors (Lipinski definition) is 4. The van der Waals surface area contributed by atoms with Crippen LogP contribution in [0.4, 0.5) is 4.79 Å². The molecule has 90 valence electrons. The minimum absolute atomic E-state index is 0.145. The Morgan fingerprint density at radius 1 is 1.33 bits per heavy atom. The molecule has 0 aromatic rings. The van der Waals surface area contributed by atoms with E-state index in [0.717, 1.165) is 12.8 Å². The summed E-state index contributed by atoms with van der Waals surface area (Å²) in [6.45, 7) is 1.77. The molecular weight excluding hydrogens is 246 g/mol. The molecule has 1 unspecified atom stereocenters. The summed E-state index contributed by atoms with van der Waals surface area (Å²) in [5.74, 6) is 0. The molecule has 0 fully saturated rings. The predicted octanol–water partition coefficient (Wildman–Crippen LogP) is 1.24. The van der Waals surface area contributed by atoms with Gasteiger partial charge in [0.15, 0.2) is 0 Å². The van der Waals surface area contributed by atoms with Crippen LogP contribution in [0, 0.1) is 0 Å². The maximum atomic E-state index is 11.1. The molecule has 4 N–H and O–H groups in total. The third-order valence-corrected chi connectivity index (χ3v) is 4.61. The zero-order valence-electron chi connectivity index (χ0n) is 8.24. The monoisotopic (exact) mass is 261 g/mol. The fourth-order valence-electron chi connectivity index (χ4n) is 0.765. The third-order valence-electron chi connectivity index (χ3n) is 1.51. The Hall–Kier alpha value is 0.130. The minimum atomic E-state index is -4.96. The molecular formula is C6H15O7P2+. The molecule has 0 amide bonds. The van der Waals surface area contributed by atoms with Crippen molar-refractivity contribution in [1.82, 2.24) is 0 Å². The van der Waals surface area contributed by atoms with E-state index in [1.165, 1.54) is 0 Å². The van der Waals surface area contributed by atoms with Crippen molar-refractivity contribution >= 4 is 20.8 Å². The molecule has 0 heterocycles. The van der Waals surface area contributed by atoms with Crippen molar-refractivity contribution in [3.8, 4) is 0 Å². The standard InChI is InChI=1S/C6H14O7P2/c1-2-3-4-5-13-15(11,12)6(7)14(8,9)10/h8-10H,2-5H2,1H3/p+1. The second-order valence-electron chi connectivity index (χ2n) is 2.91. The lowest BCUT2D eigenvalue weighted by Crippen LogP contribution is -2.07. The predicted molar refractivity (Wildman–Crippen MR) is 54.3 cm³/mol. The molecule has 0 saturated carbocycles. The van der Waals surface area contributed by atoms with Crippen LogP contribution in [-0.4, -0.2) is 31.4 Å². The Kier molecular flexibility index (Phi) is 6.06. The molecule has 0 saturated heterocycles. The fraction of sp³-hybridized carbons (Fsp3) is 0.833. The van der Waals surface area contributed by atoms with Crippen molar-refractivity contribution in [1.29, 1.82) is 0 Å². The smallest absolute Gasteiger partial charge is 0.316 e. The molecule has 0 aromatic carbocycles. The lowest BCUT2D eigenvalue weighted by atomic mass is 10.3. The number of unbranched alkanes of at least 4 members (excludes halogenated alkanes) is 2. The molecule has 9 heteroatoms. The van der Waals surface area contributed by atoms with Crippen molar-refractivity contribution in [2.45, 2.75) is 26.2 Å². The average Bonchev–Trinajstić information content (AvgIpc) is 2.10. The summed E-state index contributed by atoms with van der Waals surface area (Å²) in [4.78, 5) is 45.2. The molecule has 0 bridgehead atoms. The Bertz CT molecular complexity index is 259. The van der Waals surface area contributed by atoms with E-state index in [1.807, 2.05) is 6.92 Å². The van der Waals surface area contributed by atoms with E-state index < -0.39 is 20.8 Å². The molecule has 0 aliphatic heterocycles. The topological polar surface area (TPSA) is 124 Å². The van der Waals surface area contributed by atoms with Gasteiger partial charge in [0.2, 0.25) is 0 Å². The number of carbonyl (C=O) groups excluding carboxylic acids is 1. The third kappa shape index (κ3) is 5.68. The van der Waals surface area contributed by atoms with Gasteiger partial charge in [-0.1, -0.05) is 19.8 Å². The maximum absolute atomic E-state index is 11.1. The van der Waals surface area contributed by atoms with E-state index in [2.05, 4.69) is 4.52 Å². The summed E-state index contributed by atoms with van der Waals surface area (Å²) >= 11 is 0. The van der Waals surface area contributed by atoms with Gasteiger partial charge in [-0.2, -0.15) is 14.7 Å². The fourth-order valence-corrected chi connectivity index (χ4v) is 2.78. The Morgan fingerprint density at radius 2 is 1.87 bits per heavy atom. The van der Waals surface area contributed by atoms with E-state index in [0.29, 0.717) is 6.42 Å². The molecule has 0 radical (unpaired) electrons. The van der Waals surface area contributed by atoms with Crippen molar-refractivity contribution < 1.29 is 33.5 Å². The number of rotatable bonds is 7. The van der Waals surface area contributed by atoms with Crippen molar-refractivity contribution in [3.05, 3.63) is 0 Å². The second-order valence-corrected chi connectivity index (χ2v) is 6.51. The van der Waals surface area contributed by atoms with Crippen molar-refractivity contribution in [3.63, 3.8) is 0 Å². The lowest BCUT2D eigenvalue weighted by Gasteiger charge is -2.09. The molecule has 0 rings (SSSR count). The first-order valence-corrected chi connectivity index (χ1v) is 7.54. The van der Waals surface area contributed by atoms with Crippen LogP contribution < -0.4 is 0 Å². The quantitative estimate of drug-likeness (QED) is 0.401. The molecule has 15 heavy (non-hydrogen) atoms. The molecule has 0 aromatic heterocycles. The highest BCUT2D eigenvalue weighted by Crippen LogP contribution is 2.62. The number of hydrogen-bond acceptors (Lipinski definition) is 6. The molecule has 0 aliphatic rings. The van der Waals surface area contributed by atoms with Gasteiger partial charge in [0.25, 0.3) is 0 Å². The summed E-state index contributed by atoms with van der Waals surface area (Å²) < 4.78 is 15.4.